The number of amides is 1. The molecule has 1 saturated carbocycles. The van der Waals surface area contributed by atoms with Crippen molar-refractivity contribution < 1.29 is 9.53 Å². The van der Waals surface area contributed by atoms with Gasteiger partial charge in [0.15, 0.2) is 0 Å². The van der Waals surface area contributed by atoms with Crippen LogP contribution in [0.4, 0.5) is 0 Å². The molecular weight excluding hydrogens is 398 g/mol. The van der Waals surface area contributed by atoms with Gasteiger partial charge in [0.05, 0.1) is 12.8 Å². The van der Waals surface area contributed by atoms with Crippen LogP contribution in [0.15, 0.2) is 36.5 Å². The van der Waals surface area contributed by atoms with Gasteiger partial charge in [-0.2, -0.15) is 0 Å². The van der Waals surface area contributed by atoms with Crippen LogP contribution in [0.2, 0.25) is 0 Å². The zero-order valence-electron chi connectivity index (χ0n) is 19.4. The van der Waals surface area contributed by atoms with E-state index < -0.39 is 0 Å². The smallest absolute Gasteiger partial charge is 0.272 e. The molecule has 5 heteroatoms. The third-order valence-corrected chi connectivity index (χ3v) is 7.59. The number of rotatable bonds is 7. The number of fused-ring (bicyclic) bond motifs is 1. The molecule has 2 aromatic rings. The molecule has 2 fully saturated rings. The second kappa shape index (κ2) is 9.22. The number of hydrogen-bond donors (Lipinski definition) is 0. The summed E-state index contributed by atoms with van der Waals surface area (Å²) in [5.74, 6) is 1.45. The first-order valence-corrected chi connectivity index (χ1v) is 12.3. The van der Waals surface area contributed by atoms with Gasteiger partial charge in [-0.05, 0) is 92.8 Å². The van der Waals surface area contributed by atoms with Gasteiger partial charge in [-0.15, -0.1) is 0 Å². The number of hydrogen-bond acceptors (Lipinski definition) is 4. The van der Waals surface area contributed by atoms with E-state index in [4.69, 9.17) is 4.74 Å². The fourth-order valence-corrected chi connectivity index (χ4v) is 5.31. The summed E-state index contributed by atoms with van der Waals surface area (Å²) in [5.41, 5.74) is 4.83. The van der Waals surface area contributed by atoms with Crippen molar-refractivity contribution in [1.29, 1.82) is 0 Å². The molecule has 170 valence electrons. The van der Waals surface area contributed by atoms with Crippen molar-refractivity contribution in [2.24, 2.45) is 5.92 Å². The molecule has 1 saturated heterocycles. The second-order valence-electron chi connectivity index (χ2n) is 9.76. The average molecular weight is 434 g/mol. The molecule has 2 atom stereocenters. The van der Waals surface area contributed by atoms with Gasteiger partial charge in [-0.25, -0.2) is 4.98 Å². The third-order valence-electron chi connectivity index (χ3n) is 7.59. The van der Waals surface area contributed by atoms with Gasteiger partial charge in [0.1, 0.15) is 11.4 Å². The Kier molecular flexibility index (Phi) is 6.18. The summed E-state index contributed by atoms with van der Waals surface area (Å²) < 4.78 is 5.75. The van der Waals surface area contributed by atoms with Gasteiger partial charge in [0.25, 0.3) is 5.91 Å². The lowest BCUT2D eigenvalue weighted by Gasteiger charge is -2.33. The summed E-state index contributed by atoms with van der Waals surface area (Å²) >= 11 is 0. The fraction of sp³-hybridized carbons (Fsp3) is 0.556. The van der Waals surface area contributed by atoms with E-state index in [0.717, 1.165) is 38.2 Å². The maximum absolute atomic E-state index is 13.1. The Morgan fingerprint density at radius 2 is 2.03 bits per heavy atom. The summed E-state index contributed by atoms with van der Waals surface area (Å²) in [6, 6.07) is 11.5. The first-order valence-electron chi connectivity index (χ1n) is 12.3. The number of aryl methyl sites for hydroxylation is 1. The lowest BCUT2D eigenvalue weighted by Crippen LogP contribution is -2.41. The molecule has 0 spiro atoms. The van der Waals surface area contributed by atoms with Crippen molar-refractivity contribution in [1.82, 2.24) is 14.8 Å². The Morgan fingerprint density at radius 1 is 1.16 bits per heavy atom. The molecule has 2 aliphatic carbocycles. The van der Waals surface area contributed by atoms with Crippen LogP contribution in [0.25, 0.3) is 0 Å². The topological polar surface area (TPSA) is 45.7 Å². The summed E-state index contributed by atoms with van der Waals surface area (Å²) in [5, 5.41) is 0. The highest BCUT2D eigenvalue weighted by atomic mass is 16.5. The number of aromatic nitrogens is 1. The van der Waals surface area contributed by atoms with Gasteiger partial charge < -0.3 is 9.64 Å². The number of likely N-dealkylation sites (tertiary alicyclic amines) is 1. The van der Waals surface area contributed by atoms with Crippen LogP contribution in [-0.2, 0) is 12.8 Å². The van der Waals surface area contributed by atoms with Crippen molar-refractivity contribution >= 4 is 5.91 Å². The zero-order chi connectivity index (χ0) is 22.1. The minimum absolute atomic E-state index is 0.00615. The predicted molar refractivity (Wildman–Crippen MR) is 126 cm³/mol. The Morgan fingerprint density at radius 3 is 2.78 bits per heavy atom. The maximum atomic E-state index is 13.1. The highest BCUT2D eigenvalue weighted by Gasteiger charge is 2.29. The van der Waals surface area contributed by atoms with E-state index in [0.29, 0.717) is 17.7 Å². The Balaban J connectivity index is 1.22. The van der Waals surface area contributed by atoms with E-state index in [-0.39, 0.29) is 11.9 Å². The van der Waals surface area contributed by atoms with Gasteiger partial charge in [-0.3, -0.25) is 9.69 Å². The minimum atomic E-state index is -0.00615. The molecule has 32 heavy (non-hydrogen) atoms. The van der Waals surface area contributed by atoms with Crippen molar-refractivity contribution in [3.05, 3.63) is 58.9 Å². The molecule has 1 aromatic heterocycles. The predicted octanol–water partition coefficient (Wildman–Crippen LogP) is 4.66. The minimum Gasteiger partial charge on any atom is -0.492 e. The van der Waals surface area contributed by atoms with Crippen LogP contribution in [-0.4, -0.2) is 53.5 Å². The van der Waals surface area contributed by atoms with E-state index >= 15 is 0 Å². The van der Waals surface area contributed by atoms with Crippen molar-refractivity contribution in [3.8, 4) is 5.75 Å². The molecule has 5 rings (SSSR count). The Bertz CT molecular complexity index is 954. The monoisotopic (exact) mass is 433 g/mol. The molecule has 2 heterocycles. The maximum Gasteiger partial charge on any atom is 0.272 e. The van der Waals surface area contributed by atoms with Crippen molar-refractivity contribution in [2.75, 3.05) is 26.7 Å². The first-order chi connectivity index (χ1) is 15.6. The van der Waals surface area contributed by atoms with Crippen LogP contribution >= 0.6 is 0 Å². The molecule has 0 bridgehead atoms. The number of carbonyl (C=O) groups is 1. The normalized spacial score (nSPS) is 23.1. The molecule has 3 aliphatic rings. The van der Waals surface area contributed by atoms with Crippen LogP contribution in [0.5, 0.6) is 5.75 Å². The van der Waals surface area contributed by atoms with E-state index in [2.05, 4.69) is 35.0 Å². The van der Waals surface area contributed by atoms with E-state index in [1.807, 2.05) is 18.0 Å². The SMILES string of the molecule is CCN1CCCC1c1ccc2c(c1)CC[C@H](N(C)C(=O)c1ccc(OCC3CC3)cn1)C2. The molecule has 0 N–H and O–H groups in total. The summed E-state index contributed by atoms with van der Waals surface area (Å²) in [4.78, 5) is 21.9. The van der Waals surface area contributed by atoms with Crippen LogP contribution in [0.3, 0.4) is 0 Å². The summed E-state index contributed by atoms with van der Waals surface area (Å²) in [6.07, 6.45) is 9.73. The zero-order valence-corrected chi connectivity index (χ0v) is 19.4. The molecular formula is C27H35N3O2. The Hall–Kier alpha value is -2.40. The van der Waals surface area contributed by atoms with E-state index in [1.165, 1.54) is 48.9 Å². The highest BCUT2D eigenvalue weighted by Crippen LogP contribution is 2.34. The van der Waals surface area contributed by atoms with Crippen molar-refractivity contribution in [3.63, 3.8) is 0 Å². The Labute approximate surface area is 191 Å². The molecule has 1 aromatic carbocycles. The van der Waals surface area contributed by atoms with Gasteiger partial charge in [0.2, 0.25) is 0 Å². The quantitative estimate of drug-likeness (QED) is 0.637. The molecule has 1 amide bonds. The fourth-order valence-electron chi connectivity index (χ4n) is 5.31. The number of likely N-dealkylation sites (N-methyl/N-ethyl adjacent to an activating group) is 1. The summed E-state index contributed by atoms with van der Waals surface area (Å²) in [7, 11) is 1.92. The van der Waals surface area contributed by atoms with Crippen LogP contribution in [0, 0.1) is 5.92 Å². The van der Waals surface area contributed by atoms with Gasteiger partial charge in [0, 0.05) is 19.1 Å². The lowest BCUT2D eigenvalue weighted by atomic mass is 9.85. The standard InChI is InChI=1S/C27H35N3O2/c1-3-30-14-4-5-26(30)22-9-8-21-16-23(11-10-20(21)15-22)29(2)27(31)25-13-12-24(17-28-25)32-18-19-6-7-19/h8-9,12-13,15,17,19,23,26H,3-7,10-11,14,16,18H2,1-2H3/t23-,26?/m0/s1. The number of carbonyl (C=O) groups excluding carboxylic acids is 1. The second-order valence-corrected chi connectivity index (χ2v) is 9.76. The number of ether oxygens (including phenoxy) is 1. The average Bonchev–Trinajstić information content (AvgIpc) is 3.55. The third kappa shape index (κ3) is 4.54. The first kappa shape index (κ1) is 21.4. The number of nitrogens with zero attached hydrogens (tertiary/aromatic N) is 3. The summed E-state index contributed by atoms with van der Waals surface area (Å²) in [6.45, 7) is 5.36. The highest BCUT2D eigenvalue weighted by molar-refractivity contribution is 5.92. The largest absolute Gasteiger partial charge is 0.492 e. The van der Waals surface area contributed by atoms with Crippen molar-refractivity contribution in [2.45, 2.75) is 64.0 Å². The molecule has 1 unspecified atom stereocenters. The molecule has 1 aliphatic heterocycles. The van der Waals surface area contributed by atoms with E-state index in [1.54, 1.807) is 12.3 Å². The van der Waals surface area contributed by atoms with Crippen LogP contribution in [0.1, 0.15) is 72.2 Å². The van der Waals surface area contributed by atoms with E-state index in [9.17, 15) is 4.79 Å². The number of pyridine rings is 1. The molecule has 5 nitrogen and oxygen atoms in total. The lowest BCUT2D eigenvalue weighted by molar-refractivity contribution is 0.0713. The number of benzene rings is 1. The molecule has 0 radical (unpaired) electrons. The van der Waals surface area contributed by atoms with Gasteiger partial charge >= 0.3 is 0 Å². The van der Waals surface area contributed by atoms with Gasteiger partial charge in [-0.1, -0.05) is 25.1 Å². The van der Waals surface area contributed by atoms with Crippen LogP contribution < -0.4 is 4.74 Å².